The van der Waals surface area contributed by atoms with Gasteiger partial charge < -0.3 is 20.5 Å². The zero-order valence-corrected chi connectivity index (χ0v) is 20.2. The van der Waals surface area contributed by atoms with E-state index in [1.807, 2.05) is 0 Å². The molecule has 0 atom stereocenters. The monoisotopic (exact) mass is 561 g/mol. The number of nitrogens with two attached hydrogens (primary N) is 1. The van der Waals surface area contributed by atoms with E-state index in [1.54, 1.807) is 12.3 Å². The van der Waals surface area contributed by atoms with E-state index < -0.39 is 24.9 Å². The van der Waals surface area contributed by atoms with Crippen LogP contribution in [-0.2, 0) is 13.1 Å². The fourth-order valence-electron chi connectivity index (χ4n) is 3.73. The Bertz CT molecular complexity index is 1640. The van der Waals surface area contributed by atoms with Crippen LogP contribution in [0.2, 0.25) is 0 Å². The molecule has 18 heteroatoms. The molecule has 0 fully saturated rings. The first-order valence-electron chi connectivity index (χ1n) is 11.5. The average Bonchev–Trinajstić information content (AvgIpc) is 3.63. The lowest BCUT2D eigenvalue weighted by molar-refractivity contribution is -0.0526. The lowest BCUT2D eigenvalue weighted by Crippen LogP contribution is -2.13. The molecule has 0 aliphatic rings. The minimum absolute atomic E-state index is 0.0166. The number of hydrogen-bond acceptors (Lipinski definition) is 10. The van der Waals surface area contributed by atoms with E-state index in [0.29, 0.717) is 6.54 Å². The van der Waals surface area contributed by atoms with Gasteiger partial charge in [-0.25, -0.2) is 9.50 Å². The van der Waals surface area contributed by atoms with E-state index >= 15 is 0 Å². The Morgan fingerprint density at radius 2 is 1.95 bits per heavy atom. The second-order valence-corrected chi connectivity index (χ2v) is 7.99. The van der Waals surface area contributed by atoms with Crippen LogP contribution in [0.25, 0.3) is 16.9 Å². The number of fused-ring (bicyclic) bond motifs is 1. The molecule has 3 N–H and O–H groups in total. The Kier molecular flexibility index (Phi) is 7.49. The summed E-state index contributed by atoms with van der Waals surface area (Å²) in [7, 11) is 0. The van der Waals surface area contributed by atoms with Crippen molar-refractivity contribution in [2.45, 2.75) is 26.3 Å². The number of nitrogens with one attached hydrogen (secondary N) is 1. The number of nitrogens with zero attached hydrogens (tertiary/aromatic N) is 9. The van der Waals surface area contributed by atoms with Gasteiger partial charge in [0.25, 0.3) is 5.91 Å². The highest BCUT2D eigenvalue weighted by molar-refractivity contribution is 6.09. The van der Waals surface area contributed by atoms with Crippen molar-refractivity contribution in [2.24, 2.45) is 5.73 Å². The predicted octanol–water partition coefficient (Wildman–Crippen LogP) is 2.04. The van der Waals surface area contributed by atoms with Crippen LogP contribution in [0.1, 0.15) is 16.2 Å². The second kappa shape index (κ2) is 11.3. The molecule has 0 bridgehead atoms. The topological polar surface area (TPSA) is 165 Å². The summed E-state index contributed by atoms with van der Waals surface area (Å²) < 4.78 is 64.0. The van der Waals surface area contributed by atoms with E-state index in [1.165, 1.54) is 32.6 Å². The molecule has 1 aromatic carbocycles. The Balaban J connectivity index is 1.56. The van der Waals surface area contributed by atoms with Gasteiger partial charge >= 0.3 is 13.2 Å². The predicted molar refractivity (Wildman–Crippen MR) is 128 cm³/mol. The van der Waals surface area contributed by atoms with Gasteiger partial charge in [-0.15, -0.1) is 10.2 Å². The van der Waals surface area contributed by atoms with Crippen LogP contribution in [0, 0.1) is 0 Å². The summed E-state index contributed by atoms with van der Waals surface area (Å²) in [6, 6.07) is 4.73. The molecule has 0 aliphatic heterocycles. The maximum Gasteiger partial charge on any atom is 0.387 e. The number of carbonyl (C=O) groups excluding carboxylic acids is 1. The zero-order valence-electron chi connectivity index (χ0n) is 20.2. The van der Waals surface area contributed by atoms with E-state index in [-0.39, 0.29) is 52.8 Å². The lowest BCUT2D eigenvalue weighted by Gasteiger charge is -2.13. The highest BCUT2D eigenvalue weighted by Gasteiger charge is 2.23. The first-order valence-corrected chi connectivity index (χ1v) is 11.5. The Morgan fingerprint density at radius 3 is 2.73 bits per heavy atom. The lowest BCUT2D eigenvalue weighted by atomic mass is 10.1. The molecule has 208 valence electrons. The summed E-state index contributed by atoms with van der Waals surface area (Å²) in [5.74, 6) is -1.18. The van der Waals surface area contributed by atoms with E-state index in [4.69, 9.17) is 5.73 Å². The number of amides is 1. The van der Waals surface area contributed by atoms with Crippen molar-refractivity contribution in [1.82, 2.24) is 44.6 Å². The van der Waals surface area contributed by atoms with Crippen molar-refractivity contribution < 1.29 is 31.8 Å². The number of ether oxygens (including phenoxy) is 2. The van der Waals surface area contributed by atoms with Crippen molar-refractivity contribution in [3.63, 3.8) is 0 Å². The van der Waals surface area contributed by atoms with Crippen LogP contribution in [0.3, 0.4) is 0 Å². The van der Waals surface area contributed by atoms with Crippen molar-refractivity contribution in [3.05, 3.63) is 60.4 Å². The average molecular weight is 561 g/mol. The second-order valence-electron chi connectivity index (χ2n) is 7.99. The molecule has 0 saturated heterocycles. The maximum atomic E-state index is 13.2. The number of hydrogen-bond donors (Lipinski definition) is 2. The van der Waals surface area contributed by atoms with Crippen LogP contribution < -0.4 is 20.5 Å². The third kappa shape index (κ3) is 5.80. The fourth-order valence-corrected chi connectivity index (χ4v) is 3.73. The number of benzene rings is 1. The largest absolute Gasteiger partial charge is 0.435 e. The number of anilines is 1. The van der Waals surface area contributed by atoms with Crippen molar-refractivity contribution in [3.8, 4) is 22.8 Å². The molecule has 4 heterocycles. The van der Waals surface area contributed by atoms with Gasteiger partial charge in [0.2, 0.25) is 0 Å². The molecule has 5 rings (SSSR count). The minimum atomic E-state index is -3.24. The SMILES string of the molecule is NCCn1nnc(Cn2cc(NC(=O)c3cnn4cccnc34)c(-c3cc(OC(F)F)ccc3OC(F)F)n2)n1. The first kappa shape index (κ1) is 26.5. The van der Waals surface area contributed by atoms with Gasteiger partial charge in [0.05, 0.1) is 24.0 Å². The van der Waals surface area contributed by atoms with E-state index in [2.05, 4.69) is 45.4 Å². The van der Waals surface area contributed by atoms with Gasteiger partial charge in [0, 0.05) is 25.1 Å². The van der Waals surface area contributed by atoms with Gasteiger partial charge in [0.1, 0.15) is 29.3 Å². The summed E-state index contributed by atoms with van der Waals surface area (Å²) in [4.78, 5) is 18.6. The molecular formula is C22H19F4N11O3. The van der Waals surface area contributed by atoms with Crippen molar-refractivity contribution in [1.29, 1.82) is 0 Å². The Hall–Kier alpha value is -5.13. The molecule has 5 aromatic rings. The number of halogens is 4. The molecule has 4 aromatic heterocycles. The molecule has 0 aliphatic carbocycles. The quantitative estimate of drug-likeness (QED) is 0.228. The smallest absolute Gasteiger partial charge is 0.387 e. The minimum Gasteiger partial charge on any atom is -0.435 e. The standard InChI is InChI=1S/C22H19F4N11O3/c23-21(24)39-12-2-3-16(40-22(25)26)13(8-12)18-15(10-35(33-18)11-17-31-34-37(32-17)7-4-27)30-20(38)14-9-29-36-6-1-5-28-19(14)36/h1-3,5-6,8-10,21-22H,4,7,11,27H2,(H,30,38). The highest BCUT2D eigenvalue weighted by atomic mass is 19.3. The first-order chi connectivity index (χ1) is 19.3. The maximum absolute atomic E-state index is 13.2. The molecule has 14 nitrogen and oxygen atoms in total. The third-order valence-corrected chi connectivity index (χ3v) is 5.31. The van der Waals surface area contributed by atoms with E-state index in [0.717, 1.165) is 18.2 Å². The summed E-state index contributed by atoms with van der Waals surface area (Å²) in [6.07, 6.45) is 5.74. The number of aromatic nitrogens is 9. The number of carbonyl (C=O) groups is 1. The van der Waals surface area contributed by atoms with Gasteiger partial charge in [-0.05, 0) is 29.5 Å². The highest BCUT2D eigenvalue weighted by Crippen LogP contribution is 2.38. The summed E-state index contributed by atoms with van der Waals surface area (Å²) in [5.41, 5.74) is 5.62. The van der Waals surface area contributed by atoms with Gasteiger partial charge in [-0.2, -0.15) is 32.6 Å². The molecule has 0 unspecified atom stereocenters. The van der Waals surface area contributed by atoms with Crippen LogP contribution in [0.5, 0.6) is 11.5 Å². The third-order valence-electron chi connectivity index (χ3n) is 5.31. The summed E-state index contributed by atoms with van der Waals surface area (Å²) >= 11 is 0. The molecular weight excluding hydrogens is 542 g/mol. The summed E-state index contributed by atoms with van der Waals surface area (Å²) in [5, 5.41) is 23.0. The van der Waals surface area contributed by atoms with Gasteiger partial charge in [-0.1, -0.05) is 0 Å². The molecule has 1 amide bonds. The fraction of sp³-hybridized carbons (Fsp3) is 0.227. The van der Waals surface area contributed by atoms with Crippen LogP contribution in [0.15, 0.2) is 49.1 Å². The van der Waals surface area contributed by atoms with Crippen LogP contribution >= 0.6 is 0 Å². The normalized spacial score (nSPS) is 11.5. The Labute approximate surface area is 221 Å². The van der Waals surface area contributed by atoms with Crippen molar-refractivity contribution in [2.75, 3.05) is 11.9 Å². The van der Waals surface area contributed by atoms with Crippen LogP contribution in [0.4, 0.5) is 23.2 Å². The van der Waals surface area contributed by atoms with Gasteiger partial charge in [-0.3, -0.25) is 9.48 Å². The van der Waals surface area contributed by atoms with E-state index in [9.17, 15) is 22.4 Å². The van der Waals surface area contributed by atoms with Gasteiger partial charge in [0.15, 0.2) is 11.5 Å². The number of tetrazole rings is 1. The zero-order chi connectivity index (χ0) is 28.2. The molecule has 40 heavy (non-hydrogen) atoms. The Morgan fingerprint density at radius 1 is 1.12 bits per heavy atom. The van der Waals surface area contributed by atoms with Crippen LogP contribution in [-0.4, -0.2) is 70.3 Å². The number of rotatable bonds is 11. The molecule has 0 saturated carbocycles. The molecule has 0 spiro atoms. The number of alkyl halides is 4. The van der Waals surface area contributed by atoms with Crippen molar-refractivity contribution >= 4 is 17.2 Å². The molecule has 0 radical (unpaired) electrons. The summed E-state index contributed by atoms with van der Waals surface area (Å²) in [6.45, 7) is -5.88.